The number of halogens is 1. The van der Waals surface area contributed by atoms with Crippen LogP contribution in [0, 0.1) is 0 Å². The molecule has 4 rings (SSSR count). The van der Waals surface area contributed by atoms with E-state index in [1.165, 1.54) is 11.8 Å². The zero-order valence-electron chi connectivity index (χ0n) is 15.6. The summed E-state index contributed by atoms with van der Waals surface area (Å²) in [5, 5.41) is 10.7. The first-order chi connectivity index (χ1) is 14.0. The number of carbonyl (C=O) groups is 1. The van der Waals surface area contributed by atoms with E-state index in [4.69, 9.17) is 23.8 Å². The molecular formula is C21H20ClN3O2S2. The van der Waals surface area contributed by atoms with Gasteiger partial charge in [-0.1, -0.05) is 59.8 Å². The first-order valence-electron chi connectivity index (χ1n) is 9.27. The van der Waals surface area contributed by atoms with Crippen molar-refractivity contribution in [3.8, 4) is 5.75 Å². The normalized spacial score (nSPS) is 19.4. The first-order valence-corrected chi connectivity index (χ1v) is 10.9. The van der Waals surface area contributed by atoms with E-state index >= 15 is 0 Å². The number of hydrogen-bond acceptors (Lipinski definition) is 6. The van der Waals surface area contributed by atoms with Gasteiger partial charge in [-0.2, -0.15) is 0 Å². The Bertz CT molecular complexity index is 974. The Morgan fingerprint density at radius 2 is 1.86 bits per heavy atom. The van der Waals surface area contributed by atoms with Gasteiger partial charge in [0.05, 0.1) is 11.6 Å². The summed E-state index contributed by atoms with van der Waals surface area (Å²) in [4.78, 5) is 19.5. The second-order valence-electron chi connectivity index (χ2n) is 6.89. The Morgan fingerprint density at radius 1 is 1.10 bits per heavy atom. The maximum Gasteiger partial charge on any atom is 0.267 e. The minimum absolute atomic E-state index is 0.111. The number of benzene rings is 2. The van der Waals surface area contributed by atoms with E-state index in [2.05, 4.69) is 15.9 Å². The number of phenolic OH excluding ortho intramolecular Hbond substituents is 1. The van der Waals surface area contributed by atoms with Crippen molar-refractivity contribution in [3.05, 3.63) is 64.0 Å². The van der Waals surface area contributed by atoms with Gasteiger partial charge in [0.25, 0.3) is 5.91 Å². The molecule has 0 aliphatic carbocycles. The molecule has 150 valence electrons. The second-order valence-corrected chi connectivity index (χ2v) is 9.01. The van der Waals surface area contributed by atoms with Gasteiger partial charge in [-0.25, -0.2) is 0 Å². The summed E-state index contributed by atoms with van der Waals surface area (Å²) in [6.07, 6.45) is 1.70. The number of phenols is 1. The van der Waals surface area contributed by atoms with E-state index in [-0.39, 0.29) is 11.7 Å². The van der Waals surface area contributed by atoms with E-state index in [1.807, 2.05) is 24.3 Å². The number of piperazine rings is 1. The number of carbonyl (C=O) groups excluding carboxylic acids is 1. The SMILES string of the molecule is O=C1/C(=C\c2ccccc2O)SC(=S)N1CN1CCN(c2cccc(Cl)c2)CC1. The third kappa shape index (κ3) is 4.59. The number of hydrogen-bond donors (Lipinski definition) is 1. The fourth-order valence-electron chi connectivity index (χ4n) is 3.39. The summed E-state index contributed by atoms with van der Waals surface area (Å²) >= 11 is 12.8. The zero-order valence-corrected chi connectivity index (χ0v) is 18.0. The second kappa shape index (κ2) is 8.75. The molecule has 2 fully saturated rings. The van der Waals surface area contributed by atoms with E-state index in [1.54, 1.807) is 29.2 Å². The molecule has 2 aliphatic heterocycles. The molecule has 0 spiro atoms. The van der Waals surface area contributed by atoms with Gasteiger partial charge in [-0.15, -0.1) is 0 Å². The van der Waals surface area contributed by atoms with Crippen LogP contribution < -0.4 is 4.90 Å². The van der Waals surface area contributed by atoms with E-state index in [0.29, 0.717) is 21.5 Å². The summed E-state index contributed by atoms with van der Waals surface area (Å²) in [5.41, 5.74) is 1.73. The molecule has 0 atom stereocenters. The minimum Gasteiger partial charge on any atom is -0.507 e. The Morgan fingerprint density at radius 3 is 2.59 bits per heavy atom. The summed E-state index contributed by atoms with van der Waals surface area (Å²) in [6.45, 7) is 3.88. The van der Waals surface area contributed by atoms with Crippen molar-refractivity contribution >= 4 is 57.6 Å². The van der Waals surface area contributed by atoms with Gasteiger partial charge >= 0.3 is 0 Å². The molecule has 0 bridgehead atoms. The van der Waals surface area contributed by atoms with Gasteiger partial charge < -0.3 is 10.0 Å². The van der Waals surface area contributed by atoms with Crippen molar-refractivity contribution in [1.29, 1.82) is 0 Å². The fourth-order valence-corrected chi connectivity index (χ4v) is 4.81. The highest BCUT2D eigenvalue weighted by Gasteiger charge is 2.34. The van der Waals surface area contributed by atoms with Crippen LogP contribution in [0.1, 0.15) is 5.56 Å². The van der Waals surface area contributed by atoms with Crippen LogP contribution in [0.4, 0.5) is 5.69 Å². The highest BCUT2D eigenvalue weighted by molar-refractivity contribution is 8.26. The summed E-state index contributed by atoms with van der Waals surface area (Å²) in [7, 11) is 0. The smallest absolute Gasteiger partial charge is 0.267 e. The Hall–Kier alpha value is -2.06. The van der Waals surface area contributed by atoms with E-state index < -0.39 is 0 Å². The lowest BCUT2D eigenvalue weighted by molar-refractivity contribution is -0.123. The molecule has 0 saturated carbocycles. The molecule has 2 heterocycles. The lowest BCUT2D eigenvalue weighted by Gasteiger charge is -2.37. The lowest BCUT2D eigenvalue weighted by atomic mass is 10.2. The van der Waals surface area contributed by atoms with E-state index in [0.717, 1.165) is 36.9 Å². The van der Waals surface area contributed by atoms with Gasteiger partial charge in [0, 0.05) is 42.5 Å². The molecule has 2 aliphatic rings. The number of aromatic hydroxyl groups is 1. The molecule has 29 heavy (non-hydrogen) atoms. The average molecular weight is 446 g/mol. The number of amides is 1. The fraction of sp³-hybridized carbons (Fsp3) is 0.238. The maximum absolute atomic E-state index is 12.8. The van der Waals surface area contributed by atoms with Crippen molar-refractivity contribution in [3.63, 3.8) is 0 Å². The number of anilines is 1. The highest BCUT2D eigenvalue weighted by Crippen LogP contribution is 2.34. The molecule has 5 nitrogen and oxygen atoms in total. The molecule has 2 saturated heterocycles. The van der Waals surface area contributed by atoms with Crippen molar-refractivity contribution in [2.75, 3.05) is 37.7 Å². The molecule has 1 N–H and O–H groups in total. The summed E-state index contributed by atoms with van der Waals surface area (Å²) in [6, 6.07) is 14.8. The van der Waals surface area contributed by atoms with Crippen molar-refractivity contribution < 1.29 is 9.90 Å². The number of thiocarbonyl (C=S) groups is 1. The van der Waals surface area contributed by atoms with Gasteiger partial charge in [-0.3, -0.25) is 14.6 Å². The van der Waals surface area contributed by atoms with Crippen LogP contribution in [0.3, 0.4) is 0 Å². The molecule has 2 aromatic carbocycles. The number of nitrogens with zero attached hydrogens (tertiary/aromatic N) is 3. The van der Waals surface area contributed by atoms with Crippen LogP contribution in [0.15, 0.2) is 53.4 Å². The Kier molecular flexibility index (Phi) is 6.10. The van der Waals surface area contributed by atoms with Crippen LogP contribution in [0.2, 0.25) is 5.02 Å². The molecule has 0 unspecified atom stereocenters. The van der Waals surface area contributed by atoms with Crippen LogP contribution in [-0.4, -0.2) is 58.0 Å². The largest absolute Gasteiger partial charge is 0.507 e. The Labute approximate surface area is 184 Å². The van der Waals surface area contributed by atoms with Crippen molar-refractivity contribution in [2.24, 2.45) is 0 Å². The zero-order chi connectivity index (χ0) is 20.4. The van der Waals surface area contributed by atoms with E-state index in [9.17, 15) is 9.90 Å². The number of thioether (sulfide) groups is 1. The first kappa shape index (κ1) is 20.2. The van der Waals surface area contributed by atoms with Crippen molar-refractivity contribution in [2.45, 2.75) is 0 Å². The number of para-hydroxylation sites is 1. The molecule has 0 aromatic heterocycles. The summed E-state index contributed by atoms with van der Waals surface area (Å²) in [5.74, 6) is 0.0374. The standard InChI is InChI=1S/C21H20ClN3O2S2/c22-16-5-3-6-17(13-16)24-10-8-23(9-11-24)14-25-20(27)19(29-21(25)28)12-15-4-1-2-7-18(15)26/h1-7,12-13,26H,8-11,14H2/b19-12+. The average Bonchev–Trinajstić information content (AvgIpc) is 2.98. The van der Waals surface area contributed by atoms with Gasteiger partial charge in [0.15, 0.2) is 0 Å². The molecular weight excluding hydrogens is 426 g/mol. The number of rotatable bonds is 4. The predicted octanol–water partition coefficient (Wildman–Crippen LogP) is 4.03. The molecule has 0 radical (unpaired) electrons. The molecule has 8 heteroatoms. The third-order valence-corrected chi connectivity index (χ3v) is 6.60. The predicted molar refractivity (Wildman–Crippen MR) is 123 cm³/mol. The topological polar surface area (TPSA) is 47.0 Å². The Balaban J connectivity index is 1.38. The highest BCUT2D eigenvalue weighted by atomic mass is 35.5. The minimum atomic E-state index is -0.111. The van der Waals surface area contributed by atoms with Crippen LogP contribution in [0.5, 0.6) is 5.75 Å². The van der Waals surface area contributed by atoms with Crippen LogP contribution in [-0.2, 0) is 4.79 Å². The molecule has 2 aromatic rings. The van der Waals surface area contributed by atoms with Gasteiger partial charge in [0.1, 0.15) is 10.1 Å². The van der Waals surface area contributed by atoms with Crippen LogP contribution >= 0.6 is 35.6 Å². The van der Waals surface area contributed by atoms with Gasteiger partial charge in [-0.05, 0) is 30.3 Å². The maximum atomic E-state index is 12.8. The van der Waals surface area contributed by atoms with Gasteiger partial charge in [0.2, 0.25) is 0 Å². The monoisotopic (exact) mass is 445 g/mol. The lowest BCUT2D eigenvalue weighted by Crippen LogP contribution is -2.50. The van der Waals surface area contributed by atoms with Crippen molar-refractivity contribution in [1.82, 2.24) is 9.80 Å². The summed E-state index contributed by atoms with van der Waals surface area (Å²) < 4.78 is 0.550. The molecule has 1 amide bonds. The van der Waals surface area contributed by atoms with Crippen LogP contribution in [0.25, 0.3) is 6.08 Å². The third-order valence-electron chi connectivity index (χ3n) is 4.98. The quantitative estimate of drug-likeness (QED) is 0.566.